The number of phosphoric ester groups is 2. The average molecular weight is 1410 g/mol. The number of aliphatic hydroxyl groups is 1. The molecule has 0 amide bonds. The summed E-state index contributed by atoms with van der Waals surface area (Å²) in [7, 11) is -9.92. The predicted octanol–water partition coefficient (Wildman–Crippen LogP) is 22.6. The fourth-order valence-corrected chi connectivity index (χ4v) is 13.4. The van der Waals surface area contributed by atoms with Crippen molar-refractivity contribution in [3.8, 4) is 0 Å². The van der Waals surface area contributed by atoms with Crippen LogP contribution in [0.4, 0.5) is 0 Å². The van der Waals surface area contributed by atoms with Crippen molar-refractivity contribution in [2.45, 2.75) is 414 Å². The van der Waals surface area contributed by atoms with Crippen molar-refractivity contribution in [3.05, 3.63) is 0 Å². The van der Waals surface area contributed by atoms with Gasteiger partial charge in [-0.3, -0.25) is 37.3 Å². The molecule has 0 spiro atoms. The molecule has 0 rings (SSSR count). The molecule has 0 radical (unpaired) electrons. The molecule has 0 aliphatic rings. The molecule has 0 saturated heterocycles. The molecule has 0 bridgehead atoms. The lowest BCUT2D eigenvalue weighted by Gasteiger charge is -2.21. The third-order valence-corrected chi connectivity index (χ3v) is 19.8. The van der Waals surface area contributed by atoms with Gasteiger partial charge in [0, 0.05) is 25.7 Å². The minimum atomic E-state index is -4.96. The molecular weight excluding hydrogens is 1260 g/mol. The molecule has 5 atom stereocenters. The molecule has 0 aliphatic carbocycles. The monoisotopic (exact) mass is 1410 g/mol. The van der Waals surface area contributed by atoms with Crippen LogP contribution < -0.4 is 0 Å². The standard InChI is InChI=1S/C77H150O17P2/c1-8-9-10-11-12-13-14-15-16-24-31-39-46-53-60-76(81)94-73(65-88-75(80)59-52-45-38-33-26-29-36-43-50-57-70(6)7)67-92-96(85,86)90-63-71(78)62-89-95(83,84)91-66-72(93-77(82)61-54-47-40-32-25-20-18-22-28-35-42-49-56-69(4)5)64-87-74(79)58-51-44-37-30-23-19-17-21-27-34-41-48-55-68(2)3/h68-73,78H,8-67H2,1-7H3,(H,83,84)(H,85,86)/t71-,72-,73-/m1/s1. The summed E-state index contributed by atoms with van der Waals surface area (Å²) in [5.74, 6) is 0.188. The third kappa shape index (κ3) is 70.5. The quantitative estimate of drug-likeness (QED) is 0.0222. The molecule has 3 N–H and O–H groups in total. The van der Waals surface area contributed by atoms with Gasteiger partial charge >= 0.3 is 39.5 Å². The van der Waals surface area contributed by atoms with Crippen molar-refractivity contribution in [2.75, 3.05) is 39.6 Å². The summed E-state index contributed by atoms with van der Waals surface area (Å²) in [5.41, 5.74) is 0. The Kier molecular flexibility index (Phi) is 66.2. The highest BCUT2D eigenvalue weighted by atomic mass is 31.2. The van der Waals surface area contributed by atoms with Gasteiger partial charge in [0.1, 0.15) is 19.3 Å². The molecule has 19 heteroatoms. The molecule has 2 unspecified atom stereocenters. The third-order valence-electron chi connectivity index (χ3n) is 17.9. The second-order valence-electron chi connectivity index (χ2n) is 29.2. The zero-order chi connectivity index (χ0) is 70.9. The smallest absolute Gasteiger partial charge is 0.462 e. The SMILES string of the molecule is CCCCCCCCCCCCCCCCC(=O)O[C@H](COC(=O)CCCCCCCCCCCC(C)C)COP(=O)(O)OC[C@H](O)COP(=O)(O)OC[C@@H](COC(=O)CCCCCCCCCCCCCCC(C)C)OC(=O)CCCCCCCCCCCCCCC(C)C. The number of unbranched alkanes of at least 4 members (excludes halogenated alkanes) is 43. The molecule has 0 fully saturated rings. The maximum absolute atomic E-state index is 13.1. The molecule has 17 nitrogen and oxygen atoms in total. The lowest BCUT2D eigenvalue weighted by molar-refractivity contribution is -0.161. The molecule has 0 heterocycles. The summed E-state index contributed by atoms with van der Waals surface area (Å²) in [5, 5.41) is 10.6. The van der Waals surface area contributed by atoms with Crippen LogP contribution in [-0.4, -0.2) is 96.7 Å². The van der Waals surface area contributed by atoms with Gasteiger partial charge in [-0.1, -0.05) is 344 Å². The molecule has 96 heavy (non-hydrogen) atoms. The molecular formula is C77H150O17P2. The predicted molar refractivity (Wildman–Crippen MR) is 391 cm³/mol. The van der Waals surface area contributed by atoms with Gasteiger partial charge in [-0.05, 0) is 43.4 Å². The second-order valence-corrected chi connectivity index (χ2v) is 32.1. The van der Waals surface area contributed by atoms with Crippen LogP contribution in [0.1, 0.15) is 395 Å². The van der Waals surface area contributed by atoms with Crippen LogP contribution in [0.25, 0.3) is 0 Å². The van der Waals surface area contributed by atoms with E-state index in [-0.39, 0.29) is 25.7 Å². The summed E-state index contributed by atoms with van der Waals surface area (Å²) in [6.45, 7) is 11.9. The summed E-state index contributed by atoms with van der Waals surface area (Å²) < 4.78 is 68.6. The maximum atomic E-state index is 13.1. The van der Waals surface area contributed by atoms with Gasteiger partial charge in [-0.25, -0.2) is 9.13 Å². The van der Waals surface area contributed by atoms with E-state index >= 15 is 0 Å². The van der Waals surface area contributed by atoms with E-state index in [1.165, 1.54) is 205 Å². The molecule has 0 saturated carbocycles. The normalized spacial score (nSPS) is 14.1. The van der Waals surface area contributed by atoms with E-state index in [1.54, 1.807) is 0 Å². The number of carbonyl (C=O) groups is 4. The maximum Gasteiger partial charge on any atom is 0.472 e. The highest BCUT2D eigenvalue weighted by molar-refractivity contribution is 7.47. The first-order chi connectivity index (χ1) is 46.2. The highest BCUT2D eigenvalue weighted by Gasteiger charge is 2.30. The zero-order valence-corrected chi connectivity index (χ0v) is 64.6. The number of phosphoric acid groups is 2. The van der Waals surface area contributed by atoms with Crippen LogP contribution in [0.5, 0.6) is 0 Å². The van der Waals surface area contributed by atoms with E-state index in [1.807, 2.05) is 0 Å². The number of esters is 4. The van der Waals surface area contributed by atoms with Gasteiger partial charge in [0.15, 0.2) is 12.2 Å². The van der Waals surface area contributed by atoms with E-state index < -0.39 is 97.5 Å². The van der Waals surface area contributed by atoms with Gasteiger partial charge in [-0.2, -0.15) is 0 Å². The Bertz CT molecular complexity index is 1870. The fraction of sp³-hybridized carbons (Fsp3) is 0.948. The Hall–Kier alpha value is -1.94. The van der Waals surface area contributed by atoms with Crippen molar-refractivity contribution in [1.82, 2.24) is 0 Å². The van der Waals surface area contributed by atoms with E-state index in [0.717, 1.165) is 108 Å². The van der Waals surface area contributed by atoms with Crippen LogP contribution in [0.2, 0.25) is 0 Å². The summed E-state index contributed by atoms with van der Waals surface area (Å²) in [6, 6.07) is 0. The number of ether oxygens (including phenoxy) is 4. The summed E-state index contributed by atoms with van der Waals surface area (Å²) in [6.07, 6.45) is 53.9. The Labute approximate surface area is 588 Å². The first-order valence-corrected chi connectivity index (χ1v) is 42.8. The highest BCUT2D eigenvalue weighted by Crippen LogP contribution is 2.45. The largest absolute Gasteiger partial charge is 0.472 e. The molecule has 0 aromatic carbocycles. The van der Waals surface area contributed by atoms with Gasteiger partial charge in [0.2, 0.25) is 0 Å². The molecule has 0 aromatic rings. The van der Waals surface area contributed by atoms with Crippen LogP contribution in [0, 0.1) is 17.8 Å². The zero-order valence-electron chi connectivity index (χ0n) is 62.8. The van der Waals surface area contributed by atoms with E-state index in [4.69, 9.17) is 37.0 Å². The number of rotatable bonds is 75. The van der Waals surface area contributed by atoms with Gasteiger partial charge < -0.3 is 33.8 Å². The minimum Gasteiger partial charge on any atom is -0.462 e. The lowest BCUT2D eigenvalue weighted by Crippen LogP contribution is -2.30. The van der Waals surface area contributed by atoms with Crippen LogP contribution in [0.15, 0.2) is 0 Å². The van der Waals surface area contributed by atoms with Gasteiger partial charge in [-0.15, -0.1) is 0 Å². The van der Waals surface area contributed by atoms with Crippen LogP contribution in [0.3, 0.4) is 0 Å². The molecule has 570 valence electrons. The number of hydrogen-bond donors (Lipinski definition) is 3. The van der Waals surface area contributed by atoms with Gasteiger partial charge in [0.25, 0.3) is 0 Å². The van der Waals surface area contributed by atoms with Gasteiger partial charge in [0.05, 0.1) is 26.4 Å². The van der Waals surface area contributed by atoms with Crippen molar-refractivity contribution >= 4 is 39.5 Å². The average Bonchev–Trinajstić information content (AvgIpc) is 1.11. The molecule has 0 aliphatic heterocycles. The number of carbonyl (C=O) groups excluding carboxylic acids is 4. The first kappa shape index (κ1) is 94.1. The van der Waals surface area contributed by atoms with Crippen molar-refractivity contribution in [2.24, 2.45) is 17.8 Å². The Morgan fingerprint density at radius 2 is 0.479 bits per heavy atom. The topological polar surface area (TPSA) is 237 Å². The van der Waals surface area contributed by atoms with Crippen molar-refractivity contribution in [1.29, 1.82) is 0 Å². The Balaban J connectivity index is 5.27. The summed E-state index contributed by atoms with van der Waals surface area (Å²) >= 11 is 0. The minimum absolute atomic E-state index is 0.107. The van der Waals surface area contributed by atoms with E-state index in [2.05, 4.69) is 48.5 Å². The van der Waals surface area contributed by atoms with Crippen LogP contribution >= 0.6 is 15.6 Å². The summed E-state index contributed by atoms with van der Waals surface area (Å²) in [4.78, 5) is 72.9. The van der Waals surface area contributed by atoms with Crippen molar-refractivity contribution < 1.29 is 80.2 Å². The fourth-order valence-electron chi connectivity index (χ4n) is 11.8. The number of aliphatic hydroxyl groups excluding tert-OH is 1. The van der Waals surface area contributed by atoms with Crippen molar-refractivity contribution in [3.63, 3.8) is 0 Å². The first-order valence-electron chi connectivity index (χ1n) is 39.8. The van der Waals surface area contributed by atoms with E-state index in [9.17, 15) is 43.2 Å². The number of hydrogen-bond acceptors (Lipinski definition) is 15. The lowest BCUT2D eigenvalue weighted by atomic mass is 10.0. The van der Waals surface area contributed by atoms with E-state index in [0.29, 0.717) is 25.7 Å². The Morgan fingerprint density at radius 1 is 0.281 bits per heavy atom. The Morgan fingerprint density at radius 3 is 0.708 bits per heavy atom. The molecule has 0 aromatic heterocycles. The van der Waals surface area contributed by atoms with Crippen LogP contribution in [-0.2, 0) is 65.4 Å². The second kappa shape index (κ2) is 67.5.